The van der Waals surface area contributed by atoms with E-state index >= 15 is 0 Å². The highest BCUT2D eigenvalue weighted by atomic mass is 32.2. The number of carbonyl (C=O) groups is 1. The van der Waals surface area contributed by atoms with Crippen molar-refractivity contribution >= 4 is 26.0 Å². The van der Waals surface area contributed by atoms with E-state index in [1.165, 1.54) is 62.8 Å². The van der Waals surface area contributed by atoms with Crippen LogP contribution in [0.25, 0.3) is 0 Å². The molecular weight excluding hydrogens is 448 g/mol. The van der Waals surface area contributed by atoms with E-state index < -0.39 is 38.6 Å². The van der Waals surface area contributed by atoms with Crippen LogP contribution in [-0.4, -0.2) is 76.4 Å². The quantitative estimate of drug-likeness (QED) is 0.630. The third-order valence-corrected chi connectivity index (χ3v) is 8.74. The molecule has 0 bridgehead atoms. The molecular formula is C19H22N2O8S2. The minimum absolute atomic E-state index is 0.0381. The number of sulfonamides is 2. The van der Waals surface area contributed by atoms with Gasteiger partial charge in [-0.15, -0.1) is 0 Å². The van der Waals surface area contributed by atoms with E-state index in [0.29, 0.717) is 11.5 Å². The number of benzene rings is 2. The predicted molar refractivity (Wildman–Crippen MR) is 110 cm³/mol. The summed E-state index contributed by atoms with van der Waals surface area (Å²) >= 11 is 0. The van der Waals surface area contributed by atoms with Crippen LogP contribution in [0.15, 0.2) is 58.3 Å². The molecule has 1 heterocycles. The van der Waals surface area contributed by atoms with Crippen LogP contribution in [0, 0.1) is 0 Å². The zero-order valence-corrected chi connectivity index (χ0v) is 18.5. The van der Waals surface area contributed by atoms with Crippen molar-refractivity contribution in [2.24, 2.45) is 0 Å². The lowest BCUT2D eigenvalue weighted by molar-refractivity contribution is -0.142. The maximum Gasteiger partial charge on any atom is 0.323 e. The van der Waals surface area contributed by atoms with Crippen molar-refractivity contribution in [1.82, 2.24) is 8.61 Å². The molecule has 1 unspecified atom stereocenters. The number of carboxylic acid groups (broad SMARTS) is 1. The third kappa shape index (κ3) is 4.51. The Morgan fingerprint density at radius 3 is 1.71 bits per heavy atom. The lowest BCUT2D eigenvalue weighted by Gasteiger charge is -2.37. The Labute approximate surface area is 180 Å². The van der Waals surface area contributed by atoms with Crippen molar-refractivity contribution in [2.75, 3.05) is 33.9 Å². The lowest BCUT2D eigenvalue weighted by Crippen LogP contribution is -2.59. The molecule has 10 nitrogen and oxygen atoms in total. The first-order valence-corrected chi connectivity index (χ1v) is 12.0. The second kappa shape index (κ2) is 8.83. The van der Waals surface area contributed by atoms with Gasteiger partial charge >= 0.3 is 5.97 Å². The molecule has 2 aromatic carbocycles. The highest BCUT2D eigenvalue weighted by molar-refractivity contribution is 7.89. The largest absolute Gasteiger partial charge is 0.497 e. The normalized spacial score (nSPS) is 18.5. The van der Waals surface area contributed by atoms with Crippen LogP contribution < -0.4 is 9.47 Å². The summed E-state index contributed by atoms with van der Waals surface area (Å²) in [6.07, 6.45) is 0. The maximum absolute atomic E-state index is 13.0. The Kier molecular flexibility index (Phi) is 6.55. The molecule has 3 rings (SSSR count). The minimum atomic E-state index is -4.16. The molecule has 2 aromatic rings. The molecule has 1 atom stereocenters. The van der Waals surface area contributed by atoms with Crippen molar-refractivity contribution in [2.45, 2.75) is 15.8 Å². The smallest absolute Gasteiger partial charge is 0.323 e. The van der Waals surface area contributed by atoms with Gasteiger partial charge in [-0.25, -0.2) is 16.8 Å². The van der Waals surface area contributed by atoms with Gasteiger partial charge in [-0.05, 0) is 48.5 Å². The van der Waals surface area contributed by atoms with Gasteiger partial charge in [0.25, 0.3) is 0 Å². The average molecular weight is 471 g/mol. The first kappa shape index (κ1) is 23.0. The van der Waals surface area contributed by atoms with Gasteiger partial charge in [0.15, 0.2) is 0 Å². The van der Waals surface area contributed by atoms with Crippen LogP contribution in [0.2, 0.25) is 0 Å². The number of rotatable bonds is 7. The number of hydrogen-bond donors (Lipinski definition) is 1. The van der Waals surface area contributed by atoms with Gasteiger partial charge in [0.2, 0.25) is 20.0 Å². The van der Waals surface area contributed by atoms with E-state index in [1.54, 1.807) is 0 Å². The molecule has 1 aliphatic rings. The number of ether oxygens (including phenoxy) is 2. The second-order valence-electron chi connectivity index (χ2n) is 6.68. The summed E-state index contributed by atoms with van der Waals surface area (Å²) in [5, 5.41) is 9.66. The van der Waals surface area contributed by atoms with Gasteiger partial charge in [-0.1, -0.05) is 0 Å². The Balaban J connectivity index is 1.88. The minimum Gasteiger partial charge on any atom is -0.497 e. The fourth-order valence-electron chi connectivity index (χ4n) is 3.23. The van der Waals surface area contributed by atoms with Crippen LogP contribution in [0.3, 0.4) is 0 Å². The van der Waals surface area contributed by atoms with E-state index in [4.69, 9.17) is 9.47 Å². The van der Waals surface area contributed by atoms with Gasteiger partial charge in [0, 0.05) is 19.6 Å². The van der Waals surface area contributed by atoms with E-state index in [9.17, 15) is 26.7 Å². The third-order valence-electron chi connectivity index (χ3n) is 4.94. The van der Waals surface area contributed by atoms with Crippen molar-refractivity contribution in [1.29, 1.82) is 0 Å². The molecule has 0 saturated carbocycles. The Morgan fingerprint density at radius 1 is 0.839 bits per heavy atom. The lowest BCUT2D eigenvalue weighted by atomic mass is 10.2. The monoisotopic (exact) mass is 470 g/mol. The molecule has 1 saturated heterocycles. The fourth-order valence-corrected chi connectivity index (χ4v) is 6.23. The summed E-state index contributed by atoms with van der Waals surface area (Å²) in [6, 6.07) is 9.61. The van der Waals surface area contributed by atoms with Crippen molar-refractivity contribution < 1.29 is 36.2 Å². The van der Waals surface area contributed by atoms with Crippen LogP contribution in [0.4, 0.5) is 0 Å². The topological polar surface area (TPSA) is 131 Å². The second-order valence-corrected chi connectivity index (χ2v) is 10.5. The SMILES string of the molecule is COc1ccc(S(=O)(=O)N2CCN(S(=O)(=O)c3ccc(OC)cc3)C(C(=O)O)C2)cc1. The van der Waals surface area contributed by atoms with Gasteiger partial charge in [-0.2, -0.15) is 8.61 Å². The van der Waals surface area contributed by atoms with Gasteiger partial charge in [-0.3, -0.25) is 4.79 Å². The molecule has 0 aromatic heterocycles. The zero-order valence-electron chi connectivity index (χ0n) is 16.8. The van der Waals surface area contributed by atoms with E-state index in [0.717, 1.165) is 8.61 Å². The molecule has 31 heavy (non-hydrogen) atoms. The van der Waals surface area contributed by atoms with E-state index in [1.807, 2.05) is 0 Å². The van der Waals surface area contributed by atoms with Gasteiger partial charge in [0.05, 0.1) is 24.0 Å². The summed E-state index contributed by atoms with van der Waals surface area (Å²) in [6.45, 7) is -1.01. The summed E-state index contributed by atoms with van der Waals surface area (Å²) in [7, 11) is -5.30. The first-order valence-electron chi connectivity index (χ1n) is 9.14. The molecule has 0 aliphatic carbocycles. The highest BCUT2D eigenvalue weighted by Crippen LogP contribution is 2.27. The van der Waals surface area contributed by atoms with E-state index in [-0.39, 0.29) is 22.9 Å². The average Bonchev–Trinajstić information content (AvgIpc) is 2.78. The standard InChI is InChI=1S/C19H22N2O8S2/c1-28-14-3-7-16(8-4-14)30(24,25)20-11-12-21(18(13-20)19(22)23)31(26,27)17-9-5-15(29-2)6-10-17/h3-10,18H,11-13H2,1-2H3,(H,22,23). The van der Waals surface area contributed by atoms with Crippen molar-refractivity contribution in [3.63, 3.8) is 0 Å². The van der Waals surface area contributed by atoms with E-state index in [2.05, 4.69) is 0 Å². The molecule has 0 spiro atoms. The van der Waals surface area contributed by atoms with Crippen molar-refractivity contribution in [3.8, 4) is 11.5 Å². The molecule has 1 aliphatic heterocycles. The summed E-state index contributed by atoms with van der Waals surface area (Å²) in [4.78, 5) is 11.7. The Hall–Kier alpha value is -2.67. The van der Waals surface area contributed by atoms with Crippen LogP contribution in [0.5, 0.6) is 11.5 Å². The Bertz CT molecular complexity index is 1150. The zero-order chi connectivity index (χ0) is 22.8. The molecule has 168 valence electrons. The van der Waals surface area contributed by atoms with Crippen LogP contribution in [0.1, 0.15) is 0 Å². The van der Waals surface area contributed by atoms with Gasteiger partial charge < -0.3 is 14.6 Å². The van der Waals surface area contributed by atoms with Crippen LogP contribution in [-0.2, 0) is 24.8 Å². The molecule has 1 N–H and O–H groups in total. The molecule has 1 fully saturated rings. The molecule has 0 radical (unpaired) electrons. The number of hydrogen-bond acceptors (Lipinski definition) is 7. The number of piperazine rings is 1. The maximum atomic E-state index is 13.0. The number of carboxylic acids is 1. The Morgan fingerprint density at radius 2 is 1.29 bits per heavy atom. The summed E-state index contributed by atoms with van der Waals surface area (Å²) in [5.41, 5.74) is 0. The summed E-state index contributed by atoms with van der Waals surface area (Å²) in [5.74, 6) is -0.520. The van der Waals surface area contributed by atoms with Crippen molar-refractivity contribution in [3.05, 3.63) is 48.5 Å². The van der Waals surface area contributed by atoms with Crippen LogP contribution >= 0.6 is 0 Å². The highest BCUT2D eigenvalue weighted by Gasteiger charge is 2.43. The number of methoxy groups -OCH3 is 2. The summed E-state index contributed by atoms with van der Waals surface area (Å²) < 4.78 is 63.8. The number of nitrogens with zero attached hydrogens (tertiary/aromatic N) is 2. The number of aliphatic carboxylic acids is 1. The fraction of sp³-hybridized carbons (Fsp3) is 0.316. The first-order chi connectivity index (χ1) is 14.6. The predicted octanol–water partition coefficient (Wildman–Crippen LogP) is 0.852. The molecule has 0 amide bonds. The van der Waals surface area contributed by atoms with Gasteiger partial charge in [0.1, 0.15) is 17.5 Å². The molecule has 12 heteroatoms.